The molecule has 0 bridgehead atoms. The number of carboxylic acid groups (broad SMARTS) is 1. The largest absolute Gasteiger partial charge is 0.481 e. The van der Waals surface area contributed by atoms with Crippen LogP contribution in [-0.4, -0.2) is 44.9 Å². The molecule has 0 saturated heterocycles. The Morgan fingerprint density at radius 3 is 2.50 bits per heavy atom. The van der Waals surface area contributed by atoms with Gasteiger partial charge < -0.3 is 20.1 Å². The molecule has 2 heterocycles. The number of nitrogen functional groups attached to an aromatic ring is 1. The maximum Gasteiger partial charge on any atom is 0.420 e. The molecular formula is C28H27N5O5. The van der Waals surface area contributed by atoms with Crippen LogP contribution in [0.4, 0.5) is 10.6 Å². The van der Waals surface area contributed by atoms with E-state index in [1.807, 2.05) is 23.7 Å². The van der Waals surface area contributed by atoms with Crippen LogP contribution in [-0.2, 0) is 18.3 Å². The third kappa shape index (κ3) is 6.04. The minimum Gasteiger partial charge on any atom is -0.481 e. The second-order valence-electron chi connectivity index (χ2n) is 8.72. The SMILES string of the molecule is Cn1cc(C(=O)CCc2ccc(C(=N)N)cc2)c2cc(OC(=O)N(CCC(=O)O)c3ccccn3)ccc21. The average molecular weight is 514 g/mol. The molecule has 4 aromatic rings. The molecule has 0 radical (unpaired) electrons. The predicted octanol–water partition coefficient (Wildman–Crippen LogP) is 4.15. The first-order valence-electron chi connectivity index (χ1n) is 11.9. The number of hydrogen-bond acceptors (Lipinski definition) is 6. The standard InChI is InChI=1S/C28H27N5O5/c1-32-17-22(24(34)12-7-18-5-8-19(9-6-18)27(29)30)21-16-20(10-11-23(21)32)38-28(37)33(15-13-26(35)36)25-4-2-3-14-31-25/h2-6,8-11,14,16-17H,7,12-13,15H2,1H3,(H3,29,30)(H,35,36). The number of aromatic nitrogens is 2. The third-order valence-electron chi connectivity index (χ3n) is 6.07. The molecule has 0 aliphatic rings. The van der Waals surface area contributed by atoms with Crippen LogP contribution in [0.2, 0.25) is 0 Å². The minimum absolute atomic E-state index is 0.00933. The van der Waals surface area contributed by atoms with Gasteiger partial charge in [0.15, 0.2) is 5.78 Å². The van der Waals surface area contributed by atoms with Crippen LogP contribution in [0.3, 0.4) is 0 Å². The van der Waals surface area contributed by atoms with Gasteiger partial charge in [0, 0.05) is 54.4 Å². The monoisotopic (exact) mass is 513 g/mol. The normalized spacial score (nSPS) is 10.8. The fourth-order valence-electron chi connectivity index (χ4n) is 4.08. The number of Topliss-reactive ketones (excluding diaryl/α,β-unsaturated/α-hetero) is 1. The number of benzene rings is 2. The number of anilines is 1. The number of carbonyl (C=O) groups is 3. The van der Waals surface area contributed by atoms with Crippen molar-refractivity contribution in [3.8, 4) is 5.75 Å². The summed E-state index contributed by atoms with van der Waals surface area (Å²) in [7, 11) is 1.83. The number of ketones is 1. The van der Waals surface area contributed by atoms with Crippen molar-refractivity contribution in [2.24, 2.45) is 12.8 Å². The van der Waals surface area contributed by atoms with E-state index in [1.54, 1.807) is 54.7 Å². The summed E-state index contributed by atoms with van der Waals surface area (Å²) < 4.78 is 7.42. The molecule has 2 aromatic heterocycles. The first kappa shape index (κ1) is 26.1. The minimum atomic E-state index is -1.05. The van der Waals surface area contributed by atoms with E-state index in [9.17, 15) is 14.4 Å². The number of nitrogens with one attached hydrogen (secondary N) is 1. The fraction of sp³-hybridized carbons (Fsp3) is 0.179. The van der Waals surface area contributed by atoms with Crippen LogP contribution in [0.15, 0.2) is 73.1 Å². The highest BCUT2D eigenvalue weighted by Crippen LogP contribution is 2.28. The summed E-state index contributed by atoms with van der Waals surface area (Å²) in [4.78, 5) is 42.5. The summed E-state index contributed by atoms with van der Waals surface area (Å²) in [5, 5.41) is 17.2. The zero-order chi connectivity index (χ0) is 27.2. The number of nitrogens with two attached hydrogens (primary N) is 1. The lowest BCUT2D eigenvalue weighted by Gasteiger charge is -2.20. The Morgan fingerprint density at radius 2 is 1.84 bits per heavy atom. The Hall–Kier alpha value is -4.99. The smallest absolute Gasteiger partial charge is 0.420 e. The molecule has 0 saturated carbocycles. The number of carbonyl (C=O) groups excluding carboxylic acids is 2. The molecule has 0 aliphatic carbocycles. The van der Waals surface area contributed by atoms with Crippen molar-refractivity contribution in [1.29, 1.82) is 5.41 Å². The van der Waals surface area contributed by atoms with Gasteiger partial charge in [-0.25, -0.2) is 9.78 Å². The number of aliphatic carboxylic acids is 1. The number of amides is 1. The fourth-order valence-corrected chi connectivity index (χ4v) is 4.08. The van der Waals surface area contributed by atoms with Crippen LogP contribution >= 0.6 is 0 Å². The van der Waals surface area contributed by atoms with Gasteiger partial charge in [-0.15, -0.1) is 0 Å². The Morgan fingerprint density at radius 1 is 1.08 bits per heavy atom. The highest BCUT2D eigenvalue weighted by molar-refractivity contribution is 6.08. The topological polar surface area (TPSA) is 152 Å². The zero-order valence-electron chi connectivity index (χ0n) is 20.8. The number of carboxylic acids is 1. The lowest BCUT2D eigenvalue weighted by atomic mass is 10.0. The van der Waals surface area contributed by atoms with Crippen LogP contribution in [0, 0.1) is 5.41 Å². The van der Waals surface area contributed by atoms with Gasteiger partial charge in [0.1, 0.15) is 17.4 Å². The second-order valence-corrected chi connectivity index (χ2v) is 8.72. The molecule has 0 aliphatic heterocycles. The number of rotatable bonds is 10. The molecule has 38 heavy (non-hydrogen) atoms. The number of pyridine rings is 1. The van der Waals surface area contributed by atoms with E-state index in [-0.39, 0.29) is 42.6 Å². The predicted molar refractivity (Wildman–Crippen MR) is 143 cm³/mol. The van der Waals surface area contributed by atoms with Crippen molar-refractivity contribution in [3.05, 3.63) is 89.7 Å². The van der Waals surface area contributed by atoms with Crippen LogP contribution in [0.25, 0.3) is 10.9 Å². The maximum absolute atomic E-state index is 13.1. The molecule has 1 amide bonds. The molecular weight excluding hydrogens is 486 g/mol. The van der Waals surface area contributed by atoms with Crippen LogP contribution in [0.5, 0.6) is 5.75 Å². The molecule has 0 unspecified atom stereocenters. The average Bonchev–Trinajstić information content (AvgIpc) is 3.23. The van der Waals surface area contributed by atoms with Crippen molar-refractivity contribution in [2.45, 2.75) is 19.3 Å². The highest BCUT2D eigenvalue weighted by atomic mass is 16.6. The van der Waals surface area contributed by atoms with Gasteiger partial charge in [-0.3, -0.25) is 19.9 Å². The highest BCUT2D eigenvalue weighted by Gasteiger charge is 2.21. The number of nitrogens with zero attached hydrogens (tertiary/aromatic N) is 3. The molecule has 10 heteroatoms. The van der Waals surface area contributed by atoms with Gasteiger partial charge in [-0.05, 0) is 42.3 Å². The molecule has 0 atom stereocenters. The van der Waals surface area contributed by atoms with Gasteiger partial charge in [0.05, 0.1) is 6.42 Å². The van der Waals surface area contributed by atoms with Crippen molar-refractivity contribution in [3.63, 3.8) is 0 Å². The molecule has 0 fully saturated rings. The van der Waals surface area contributed by atoms with Crippen LogP contribution in [0.1, 0.15) is 34.3 Å². The molecule has 10 nitrogen and oxygen atoms in total. The summed E-state index contributed by atoms with van der Waals surface area (Å²) in [6.45, 7) is -0.115. The summed E-state index contributed by atoms with van der Waals surface area (Å²) in [6, 6.07) is 17.2. The van der Waals surface area contributed by atoms with E-state index >= 15 is 0 Å². The Kier molecular flexibility index (Phi) is 7.81. The Bertz CT molecular complexity index is 1500. The Labute approximate surface area is 218 Å². The quantitative estimate of drug-likeness (QED) is 0.164. The molecule has 194 valence electrons. The summed E-state index contributed by atoms with van der Waals surface area (Å²) in [5.41, 5.74) is 8.38. The van der Waals surface area contributed by atoms with Gasteiger partial charge >= 0.3 is 12.1 Å². The van der Waals surface area contributed by atoms with E-state index in [2.05, 4.69) is 4.98 Å². The van der Waals surface area contributed by atoms with E-state index in [1.165, 1.54) is 6.20 Å². The number of fused-ring (bicyclic) bond motifs is 1. The number of ether oxygens (including phenoxy) is 1. The summed E-state index contributed by atoms with van der Waals surface area (Å²) >= 11 is 0. The van der Waals surface area contributed by atoms with Crippen molar-refractivity contribution >= 4 is 40.4 Å². The van der Waals surface area contributed by atoms with Gasteiger partial charge in [0.25, 0.3) is 0 Å². The van der Waals surface area contributed by atoms with E-state index in [0.29, 0.717) is 22.9 Å². The lowest BCUT2D eigenvalue weighted by Crippen LogP contribution is -2.36. The molecule has 4 rings (SSSR count). The third-order valence-corrected chi connectivity index (χ3v) is 6.07. The lowest BCUT2D eigenvalue weighted by molar-refractivity contribution is -0.136. The number of amidine groups is 1. The van der Waals surface area contributed by atoms with E-state index in [0.717, 1.165) is 16.0 Å². The number of aryl methyl sites for hydroxylation is 2. The van der Waals surface area contributed by atoms with Crippen molar-refractivity contribution in [2.75, 3.05) is 11.4 Å². The molecule has 4 N–H and O–H groups in total. The summed E-state index contributed by atoms with van der Waals surface area (Å²) in [5.74, 6) is -0.635. The first-order valence-corrected chi connectivity index (χ1v) is 11.9. The molecule has 2 aromatic carbocycles. The van der Waals surface area contributed by atoms with Gasteiger partial charge in [0.2, 0.25) is 0 Å². The second kappa shape index (κ2) is 11.4. The molecule has 0 spiro atoms. The Balaban J connectivity index is 1.52. The van der Waals surface area contributed by atoms with Crippen LogP contribution < -0.4 is 15.4 Å². The van der Waals surface area contributed by atoms with Gasteiger partial charge in [-0.2, -0.15) is 0 Å². The van der Waals surface area contributed by atoms with E-state index in [4.69, 9.17) is 21.0 Å². The first-order chi connectivity index (χ1) is 18.2. The van der Waals surface area contributed by atoms with Gasteiger partial charge in [-0.1, -0.05) is 30.3 Å². The van der Waals surface area contributed by atoms with Crippen molar-refractivity contribution in [1.82, 2.24) is 9.55 Å². The number of hydrogen-bond donors (Lipinski definition) is 3. The van der Waals surface area contributed by atoms with Crippen molar-refractivity contribution < 1.29 is 24.2 Å². The van der Waals surface area contributed by atoms with E-state index < -0.39 is 12.1 Å². The maximum atomic E-state index is 13.1. The zero-order valence-corrected chi connectivity index (χ0v) is 20.8. The summed E-state index contributed by atoms with van der Waals surface area (Å²) in [6.07, 6.45) is 2.99.